The van der Waals surface area contributed by atoms with Gasteiger partial charge in [-0.2, -0.15) is 5.10 Å². The van der Waals surface area contributed by atoms with Crippen LogP contribution < -0.4 is 5.32 Å². The molecule has 0 radical (unpaired) electrons. The average molecular weight is 310 g/mol. The molecule has 2 N–H and O–H groups in total. The van der Waals surface area contributed by atoms with Crippen molar-refractivity contribution in [3.05, 3.63) is 71.8 Å². The summed E-state index contributed by atoms with van der Waals surface area (Å²) in [5.74, 6) is 0.306. The Balaban J connectivity index is 1.56. The molecule has 2 aromatic carbocycles. The number of carbonyl (C=O) groups excluding carboxylic acids is 1. The number of hydrogen-bond acceptors (Lipinski definition) is 3. The third-order valence-corrected chi connectivity index (χ3v) is 3.33. The molecule has 1 amide bonds. The van der Waals surface area contributed by atoms with Crippen LogP contribution in [0.4, 0.5) is 4.39 Å². The predicted octanol–water partition coefficient (Wildman–Crippen LogP) is 2.58. The van der Waals surface area contributed by atoms with Gasteiger partial charge in [0.2, 0.25) is 0 Å². The Morgan fingerprint density at radius 3 is 2.61 bits per heavy atom. The minimum absolute atomic E-state index is 0.0371. The van der Waals surface area contributed by atoms with Crippen LogP contribution in [0.15, 0.2) is 54.6 Å². The van der Waals surface area contributed by atoms with Crippen LogP contribution in [0.3, 0.4) is 0 Å². The summed E-state index contributed by atoms with van der Waals surface area (Å²) in [6.07, 6.45) is 0.486. The molecule has 0 spiro atoms. The standard InChI is InChI=1S/C17H15FN4O/c18-14-9-5-4-8-13(14)17(23)19-11-10-15-20-16(22-21-15)12-6-2-1-3-7-12/h1-9H,10-11H2,(H,19,23)(H,20,21,22). The van der Waals surface area contributed by atoms with Gasteiger partial charge in [0.15, 0.2) is 5.82 Å². The van der Waals surface area contributed by atoms with Gasteiger partial charge in [0.25, 0.3) is 5.91 Å². The van der Waals surface area contributed by atoms with E-state index in [2.05, 4.69) is 20.5 Å². The quantitative estimate of drug-likeness (QED) is 0.761. The smallest absolute Gasteiger partial charge is 0.254 e. The predicted molar refractivity (Wildman–Crippen MR) is 84.3 cm³/mol. The Kier molecular flexibility index (Phi) is 4.42. The first kappa shape index (κ1) is 14.9. The van der Waals surface area contributed by atoms with E-state index >= 15 is 0 Å². The maximum absolute atomic E-state index is 13.5. The zero-order valence-corrected chi connectivity index (χ0v) is 12.3. The van der Waals surface area contributed by atoms with E-state index in [0.717, 1.165) is 5.56 Å². The summed E-state index contributed by atoms with van der Waals surface area (Å²) in [7, 11) is 0. The molecule has 6 heteroatoms. The van der Waals surface area contributed by atoms with E-state index in [1.807, 2.05) is 30.3 Å². The molecule has 0 aliphatic heterocycles. The van der Waals surface area contributed by atoms with Crippen LogP contribution in [0.5, 0.6) is 0 Å². The molecule has 0 saturated carbocycles. The van der Waals surface area contributed by atoms with Crippen molar-refractivity contribution in [1.82, 2.24) is 20.5 Å². The first-order chi connectivity index (χ1) is 11.2. The fraction of sp³-hybridized carbons (Fsp3) is 0.118. The van der Waals surface area contributed by atoms with Crippen LogP contribution in [0, 0.1) is 5.82 Å². The highest BCUT2D eigenvalue weighted by Crippen LogP contribution is 2.13. The molecule has 3 aromatic rings. The van der Waals surface area contributed by atoms with Crippen molar-refractivity contribution in [2.24, 2.45) is 0 Å². The van der Waals surface area contributed by atoms with Gasteiger partial charge in [0.05, 0.1) is 5.56 Å². The third-order valence-electron chi connectivity index (χ3n) is 3.33. The van der Waals surface area contributed by atoms with E-state index in [4.69, 9.17) is 0 Å². The van der Waals surface area contributed by atoms with Gasteiger partial charge in [-0.3, -0.25) is 9.89 Å². The maximum atomic E-state index is 13.5. The summed E-state index contributed by atoms with van der Waals surface area (Å²) < 4.78 is 13.5. The number of aromatic nitrogens is 3. The Hall–Kier alpha value is -3.02. The van der Waals surface area contributed by atoms with Gasteiger partial charge >= 0.3 is 0 Å². The Morgan fingerprint density at radius 1 is 1.09 bits per heavy atom. The normalized spacial score (nSPS) is 10.5. The molecule has 5 nitrogen and oxygen atoms in total. The molecular weight excluding hydrogens is 295 g/mol. The minimum Gasteiger partial charge on any atom is -0.351 e. The average Bonchev–Trinajstić information content (AvgIpc) is 3.05. The number of rotatable bonds is 5. The summed E-state index contributed by atoms with van der Waals surface area (Å²) in [6, 6.07) is 15.5. The van der Waals surface area contributed by atoms with Crippen LogP contribution in [-0.2, 0) is 6.42 Å². The summed E-state index contributed by atoms with van der Waals surface area (Å²) in [5, 5.41) is 9.66. The lowest BCUT2D eigenvalue weighted by Gasteiger charge is -2.04. The van der Waals surface area contributed by atoms with Crippen LogP contribution in [0.2, 0.25) is 0 Å². The first-order valence-corrected chi connectivity index (χ1v) is 7.23. The number of carbonyl (C=O) groups is 1. The van der Waals surface area contributed by atoms with Crippen LogP contribution in [-0.4, -0.2) is 27.6 Å². The zero-order valence-electron chi connectivity index (χ0n) is 12.3. The van der Waals surface area contributed by atoms with Crippen molar-refractivity contribution < 1.29 is 9.18 Å². The number of halogens is 1. The van der Waals surface area contributed by atoms with Crippen molar-refractivity contribution >= 4 is 5.91 Å². The first-order valence-electron chi connectivity index (χ1n) is 7.23. The minimum atomic E-state index is -0.531. The van der Waals surface area contributed by atoms with Crippen LogP contribution in [0.25, 0.3) is 11.4 Å². The zero-order chi connectivity index (χ0) is 16.1. The number of benzene rings is 2. The monoisotopic (exact) mass is 310 g/mol. The molecule has 116 valence electrons. The SMILES string of the molecule is O=C(NCCc1nc(-c2ccccc2)n[nH]1)c1ccccc1F. The highest BCUT2D eigenvalue weighted by molar-refractivity contribution is 5.94. The highest BCUT2D eigenvalue weighted by Gasteiger charge is 2.10. The molecule has 0 saturated heterocycles. The van der Waals surface area contributed by atoms with Gasteiger partial charge < -0.3 is 5.32 Å². The lowest BCUT2D eigenvalue weighted by Crippen LogP contribution is -2.26. The second-order valence-corrected chi connectivity index (χ2v) is 4.96. The Morgan fingerprint density at radius 2 is 1.83 bits per heavy atom. The van der Waals surface area contributed by atoms with E-state index in [0.29, 0.717) is 24.6 Å². The summed E-state index contributed by atoms with van der Waals surface area (Å²) >= 11 is 0. The molecule has 1 heterocycles. The largest absolute Gasteiger partial charge is 0.351 e. The fourth-order valence-electron chi connectivity index (χ4n) is 2.16. The lowest BCUT2D eigenvalue weighted by molar-refractivity contribution is 0.0950. The molecule has 0 aliphatic rings. The molecule has 0 unspecified atom stereocenters. The second kappa shape index (κ2) is 6.83. The van der Waals surface area contributed by atoms with Gasteiger partial charge in [-0.15, -0.1) is 0 Å². The summed E-state index contributed by atoms with van der Waals surface area (Å²) in [6.45, 7) is 0.344. The molecule has 1 aromatic heterocycles. The van der Waals surface area contributed by atoms with Gasteiger partial charge in [0.1, 0.15) is 11.6 Å². The molecule has 0 atom stereocenters. The maximum Gasteiger partial charge on any atom is 0.254 e. The second-order valence-electron chi connectivity index (χ2n) is 4.96. The number of nitrogens with one attached hydrogen (secondary N) is 2. The van der Waals surface area contributed by atoms with Crippen molar-refractivity contribution in [2.45, 2.75) is 6.42 Å². The van der Waals surface area contributed by atoms with Gasteiger partial charge in [0, 0.05) is 18.5 Å². The fourth-order valence-corrected chi connectivity index (χ4v) is 2.16. The van der Waals surface area contributed by atoms with E-state index in [1.165, 1.54) is 12.1 Å². The third kappa shape index (κ3) is 3.60. The number of nitrogens with zero attached hydrogens (tertiary/aromatic N) is 2. The summed E-state index contributed by atoms with van der Waals surface area (Å²) in [5.41, 5.74) is 0.959. The van der Waals surface area contributed by atoms with E-state index in [-0.39, 0.29) is 5.56 Å². The van der Waals surface area contributed by atoms with Gasteiger partial charge in [-0.1, -0.05) is 42.5 Å². The molecule has 0 aliphatic carbocycles. The van der Waals surface area contributed by atoms with Crippen molar-refractivity contribution in [3.63, 3.8) is 0 Å². The van der Waals surface area contributed by atoms with Crippen molar-refractivity contribution in [3.8, 4) is 11.4 Å². The van der Waals surface area contributed by atoms with Crippen molar-refractivity contribution in [2.75, 3.05) is 6.54 Å². The van der Waals surface area contributed by atoms with E-state index in [1.54, 1.807) is 12.1 Å². The van der Waals surface area contributed by atoms with E-state index in [9.17, 15) is 9.18 Å². The summed E-state index contributed by atoms with van der Waals surface area (Å²) in [4.78, 5) is 16.3. The van der Waals surface area contributed by atoms with Gasteiger partial charge in [-0.25, -0.2) is 9.37 Å². The van der Waals surface area contributed by atoms with Gasteiger partial charge in [-0.05, 0) is 12.1 Å². The number of H-pyrrole nitrogens is 1. The van der Waals surface area contributed by atoms with Crippen LogP contribution in [0.1, 0.15) is 16.2 Å². The molecule has 3 rings (SSSR count). The number of aromatic amines is 1. The Bertz CT molecular complexity index is 801. The molecule has 0 bridgehead atoms. The molecule has 23 heavy (non-hydrogen) atoms. The van der Waals surface area contributed by atoms with Crippen LogP contribution >= 0.6 is 0 Å². The topological polar surface area (TPSA) is 70.7 Å². The van der Waals surface area contributed by atoms with Crippen molar-refractivity contribution in [1.29, 1.82) is 0 Å². The van der Waals surface area contributed by atoms with E-state index < -0.39 is 11.7 Å². The lowest BCUT2D eigenvalue weighted by atomic mass is 10.2. The number of amides is 1. The Labute approximate surface area is 132 Å². The highest BCUT2D eigenvalue weighted by atomic mass is 19.1. The molecular formula is C17H15FN4O. The number of hydrogen-bond donors (Lipinski definition) is 2. The molecule has 0 fully saturated rings.